The molecule has 0 bridgehead atoms. The molecule has 2 heterocycles. The largest absolute Gasteiger partial charge is 0.343 e. The van der Waals surface area contributed by atoms with Gasteiger partial charge in [0.25, 0.3) is 0 Å². The molecule has 0 unspecified atom stereocenters. The maximum absolute atomic E-state index is 12.4. The molecule has 1 aromatic heterocycles. The number of anilines is 1. The van der Waals surface area contributed by atoms with Crippen LogP contribution in [0.1, 0.15) is 17.0 Å². The Morgan fingerprint density at radius 1 is 1.03 bits per heavy atom. The molecule has 29 heavy (non-hydrogen) atoms. The molecule has 0 atom stereocenters. The maximum atomic E-state index is 12.4. The number of carbonyl (C=O) groups excluding carboxylic acids is 1. The summed E-state index contributed by atoms with van der Waals surface area (Å²) in [6.45, 7) is 2.90. The molecule has 1 fully saturated rings. The topological polar surface area (TPSA) is 49.3 Å². The summed E-state index contributed by atoms with van der Waals surface area (Å²) >= 11 is 7.35. The van der Waals surface area contributed by atoms with Crippen molar-refractivity contribution in [2.75, 3.05) is 31.1 Å². The van der Waals surface area contributed by atoms with Crippen LogP contribution in [0.5, 0.6) is 0 Å². The van der Waals surface area contributed by atoms with Crippen molar-refractivity contribution in [3.63, 3.8) is 0 Å². The highest BCUT2D eigenvalue weighted by Crippen LogP contribution is 2.21. The molecule has 0 saturated carbocycles. The third-order valence-electron chi connectivity index (χ3n) is 4.81. The fraction of sp³-hybridized carbons (Fsp3) is 0.227. The van der Waals surface area contributed by atoms with E-state index in [9.17, 15) is 4.79 Å². The first-order valence-electron chi connectivity index (χ1n) is 9.51. The lowest BCUT2D eigenvalue weighted by Gasteiger charge is -2.33. The van der Waals surface area contributed by atoms with Gasteiger partial charge in [0, 0.05) is 55.2 Å². The zero-order valence-electron chi connectivity index (χ0n) is 15.9. The summed E-state index contributed by atoms with van der Waals surface area (Å²) in [5.41, 5.74) is 2.17. The second-order valence-electron chi connectivity index (χ2n) is 6.85. The lowest BCUT2D eigenvalue weighted by atomic mass is 10.1. The minimum atomic E-state index is 0.0502. The molecule has 0 aliphatic carbocycles. The van der Waals surface area contributed by atoms with Gasteiger partial charge in [-0.1, -0.05) is 54.1 Å². The molecule has 5 nitrogen and oxygen atoms in total. The van der Waals surface area contributed by atoms with E-state index in [0.29, 0.717) is 19.5 Å². The standard InChI is InChI=1S/C22H21ClN4OS/c23-19-9-6-18(7-10-19)16-20-24-22(29-25-20)27-14-12-26(13-15-27)21(28)11-8-17-4-2-1-3-5-17/h1-11H,12-16H2. The van der Waals surface area contributed by atoms with Crippen LogP contribution in [-0.4, -0.2) is 46.3 Å². The lowest BCUT2D eigenvalue weighted by Crippen LogP contribution is -2.48. The number of nitrogens with zero attached hydrogens (tertiary/aromatic N) is 4. The van der Waals surface area contributed by atoms with Crippen molar-refractivity contribution in [3.05, 3.63) is 82.6 Å². The Labute approximate surface area is 179 Å². The van der Waals surface area contributed by atoms with Gasteiger partial charge in [-0.25, -0.2) is 4.98 Å². The number of benzene rings is 2. The summed E-state index contributed by atoms with van der Waals surface area (Å²) in [7, 11) is 0. The van der Waals surface area contributed by atoms with Crippen LogP contribution >= 0.6 is 23.1 Å². The molecule has 148 valence electrons. The average molecular weight is 425 g/mol. The molecule has 1 amide bonds. The van der Waals surface area contributed by atoms with Crippen molar-refractivity contribution in [1.82, 2.24) is 14.3 Å². The van der Waals surface area contributed by atoms with Gasteiger partial charge in [-0.3, -0.25) is 4.79 Å². The molecular weight excluding hydrogens is 404 g/mol. The highest BCUT2D eigenvalue weighted by molar-refractivity contribution is 7.09. The molecule has 2 aromatic carbocycles. The van der Waals surface area contributed by atoms with Gasteiger partial charge in [-0.05, 0) is 29.3 Å². The maximum Gasteiger partial charge on any atom is 0.246 e. The van der Waals surface area contributed by atoms with Crippen molar-refractivity contribution >= 4 is 40.2 Å². The van der Waals surface area contributed by atoms with Gasteiger partial charge in [0.05, 0.1) is 0 Å². The molecule has 0 radical (unpaired) electrons. The van der Waals surface area contributed by atoms with E-state index in [2.05, 4.69) is 14.3 Å². The quantitative estimate of drug-likeness (QED) is 0.577. The number of aromatic nitrogens is 2. The van der Waals surface area contributed by atoms with E-state index in [1.165, 1.54) is 11.5 Å². The Morgan fingerprint density at radius 3 is 2.48 bits per heavy atom. The van der Waals surface area contributed by atoms with Gasteiger partial charge < -0.3 is 9.80 Å². The first kappa shape index (κ1) is 19.6. The van der Waals surface area contributed by atoms with Gasteiger partial charge in [0.1, 0.15) is 5.82 Å². The van der Waals surface area contributed by atoms with Crippen molar-refractivity contribution in [2.24, 2.45) is 0 Å². The summed E-state index contributed by atoms with van der Waals surface area (Å²) in [6.07, 6.45) is 4.21. The Morgan fingerprint density at radius 2 is 1.76 bits per heavy atom. The van der Waals surface area contributed by atoms with Crippen LogP contribution in [0, 0.1) is 0 Å². The fourth-order valence-electron chi connectivity index (χ4n) is 3.19. The highest BCUT2D eigenvalue weighted by atomic mass is 35.5. The van der Waals surface area contributed by atoms with Crippen LogP contribution in [0.25, 0.3) is 6.08 Å². The third kappa shape index (κ3) is 5.22. The van der Waals surface area contributed by atoms with Crippen molar-refractivity contribution in [1.29, 1.82) is 0 Å². The first-order chi connectivity index (χ1) is 14.2. The van der Waals surface area contributed by atoms with Crippen LogP contribution in [0.4, 0.5) is 5.13 Å². The van der Waals surface area contributed by atoms with E-state index in [1.807, 2.05) is 65.6 Å². The van der Waals surface area contributed by atoms with E-state index >= 15 is 0 Å². The number of halogens is 1. The Hall–Kier alpha value is -2.70. The Balaban J connectivity index is 1.30. The van der Waals surface area contributed by atoms with Crippen LogP contribution in [0.15, 0.2) is 60.7 Å². The SMILES string of the molecule is O=C(C=Cc1ccccc1)N1CCN(c2nc(Cc3ccc(Cl)cc3)ns2)CC1. The predicted octanol–water partition coefficient (Wildman–Crippen LogP) is 4.14. The van der Waals surface area contributed by atoms with Gasteiger partial charge in [-0.2, -0.15) is 4.37 Å². The van der Waals surface area contributed by atoms with Crippen molar-refractivity contribution < 1.29 is 4.79 Å². The van der Waals surface area contributed by atoms with Gasteiger partial charge in [0.2, 0.25) is 11.0 Å². The molecular formula is C22H21ClN4OS. The van der Waals surface area contributed by atoms with Crippen molar-refractivity contribution in [2.45, 2.75) is 6.42 Å². The molecule has 7 heteroatoms. The molecule has 0 spiro atoms. The summed E-state index contributed by atoms with van der Waals surface area (Å²) in [6, 6.07) is 17.6. The second kappa shape index (κ2) is 9.20. The van der Waals surface area contributed by atoms with Gasteiger partial charge in [0.15, 0.2) is 0 Å². The Bertz CT molecular complexity index is 980. The molecule has 1 aliphatic rings. The van der Waals surface area contributed by atoms with Crippen molar-refractivity contribution in [3.8, 4) is 0 Å². The molecule has 0 N–H and O–H groups in total. The monoisotopic (exact) mass is 424 g/mol. The second-order valence-corrected chi connectivity index (χ2v) is 8.02. The van der Waals surface area contributed by atoms with E-state index in [0.717, 1.165) is 40.2 Å². The molecule has 1 saturated heterocycles. The molecule has 4 rings (SSSR count). The Kier molecular flexibility index (Phi) is 6.22. The van der Waals surface area contributed by atoms with Gasteiger partial charge >= 0.3 is 0 Å². The van der Waals surface area contributed by atoms with Gasteiger partial charge in [-0.15, -0.1) is 0 Å². The number of amides is 1. The van der Waals surface area contributed by atoms with E-state index < -0.39 is 0 Å². The van der Waals surface area contributed by atoms with E-state index in [1.54, 1.807) is 6.08 Å². The summed E-state index contributed by atoms with van der Waals surface area (Å²) < 4.78 is 4.49. The number of rotatable bonds is 5. The highest BCUT2D eigenvalue weighted by Gasteiger charge is 2.22. The smallest absolute Gasteiger partial charge is 0.246 e. The zero-order chi connectivity index (χ0) is 20.1. The number of piperazine rings is 1. The summed E-state index contributed by atoms with van der Waals surface area (Å²) in [4.78, 5) is 21.2. The molecule has 3 aromatic rings. The summed E-state index contributed by atoms with van der Waals surface area (Å²) in [5.74, 6) is 0.866. The zero-order valence-corrected chi connectivity index (χ0v) is 17.4. The first-order valence-corrected chi connectivity index (χ1v) is 10.7. The lowest BCUT2D eigenvalue weighted by molar-refractivity contribution is -0.126. The normalized spacial score (nSPS) is 14.5. The third-order valence-corrected chi connectivity index (χ3v) is 5.88. The number of hydrogen-bond acceptors (Lipinski definition) is 5. The number of hydrogen-bond donors (Lipinski definition) is 0. The number of carbonyl (C=O) groups is 1. The van der Waals surface area contributed by atoms with Crippen LogP contribution < -0.4 is 4.90 Å². The summed E-state index contributed by atoms with van der Waals surface area (Å²) in [5, 5.41) is 1.65. The predicted molar refractivity (Wildman–Crippen MR) is 118 cm³/mol. The minimum Gasteiger partial charge on any atom is -0.343 e. The van der Waals surface area contributed by atoms with E-state index in [4.69, 9.17) is 11.6 Å². The van der Waals surface area contributed by atoms with E-state index in [-0.39, 0.29) is 5.91 Å². The average Bonchev–Trinajstić information content (AvgIpc) is 3.23. The minimum absolute atomic E-state index is 0.0502. The fourth-order valence-corrected chi connectivity index (χ4v) is 4.05. The van der Waals surface area contributed by atoms with Crippen LogP contribution in [-0.2, 0) is 11.2 Å². The van der Waals surface area contributed by atoms with Crippen LogP contribution in [0.3, 0.4) is 0 Å². The molecule has 1 aliphatic heterocycles. The van der Waals surface area contributed by atoms with Crippen LogP contribution in [0.2, 0.25) is 5.02 Å².